The minimum atomic E-state index is -3.55. The van der Waals surface area contributed by atoms with Crippen molar-refractivity contribution < 1.29 is 13.2 Å². The van der Waals surface area contributed by atoms with Gasteiger partial charge in [0, 0.05) is 6.54 Å². The largest absolute Gasteiger partial charge is 0.355 e. The van der Waals surface area contributed by atoms with Gasteiger partial charge in [0.05, 0.1) is 5.75 Å². The highest BCUT2D eigenvalue weighted by Gasteiger charge is 2.19. The summed E-state index contributed by atoms with van der Waals surface area (Å²) in [7, 11) is -3.55. The molecule has 27 heavy (non-hydrogen) atoms. The lowest BCUT2D eigenvalue weighted by atomic mass is 10.0. The molecule has 0 radical (unpaired) electrons. The fourth-order valence-corrected chi connectivity index (χ4v) is 4.45. The van der Waals surface area contributed by atoms with Crippen molar-refractivity contribution in [2.24, 2.45) is 0 Å². The zero-order valence-electron chi connectivity index (χ0n) is 15.3. The maximum absolute atomic E-state index is 12.5. The standard InChI is InChI=1S/C22H23NO3S/c1-17(18-8-3-2-4-9-18)14-23-22(24)16-27(25,26)15-20-12-7-11-19-10-5-6-13-21(19)20/h2-13,17H,14-16H2,1H3,(H,23,24)/t17-/m1/s1. The third kappa shape index (κ3) is 5.17. The molecule has 0 fully saturated rings. The van der Waals surface area contributed by atoms with E-state index in [4.69, 9.17) is 0 Å². The molecular weight excluding hydrogens is 358 g/mol. The molecule has 0 bridgehead atoms. The summed E-state index contributed by atoms with van der Waals surface area (Å²) in [6, 6.07) is 23.1. The second-order valence-corrected chi connectivity index (χ2v) is 8.85. The minimum absolute atomic E-state index is 0.121. The molecule has 1 N–H and O–H groups in total. The zero-order chi connectivity index (χ0) is 19.3. The summed E-state index contributed by atoms with van der Waals surface area (Å²) < 4.78 is 25.0. The number of carbonyl (C=O) groups is 1. The van der Waals surface area contributed by atoms with Gasteiger partial charge in [-0.25, -0.2) is 8.42 Å². The van der Waals surface area contributed by atoms with Gasteiger partial charge in [-0.1, -0.05) is 79.7 Å². The molecule has 0 aliphatic heterocycles. The highest BCUT2D eigenvalue weighted by atomic mass is 32.2. The number of nitrogens with one attached hydrogen (secondary N) is 1. The van der Waals surface area contributed by atoms with Crippen LogP contribution in [-0.2, 0) is 20.4 Å². The number of benzene rings is 3. The molecule has 0 heterocycles. The number of fused-ring (bicyclic) bond motifs is 1. The van der Waals surface area contributed by atoms with E-state index in [0.29, 0.717) is 6.54 Å². The molecule has 4 nitrogen and oxygen atoms in total. The van der Waals surface area contributed by atoms with Crippen molar-refractivity contribution in [3.05, 3.63) is 83.9 Å². The third-order valence-corrected chi connectivity index (χ3v) is 6.03. The van der Waals surface area contributed by atoms with Crippen molar-refractivity contribution in [3.8, 4) is 0 Å². The van der Waals surface area contributed by atoms with Crippen molar-refractivity contribution in [2.75, 3.05) is 12.3 Å². The normalized spacial score (nSPS) is 12.6. The van der Waals surface area contributed by atoms with E-state index in [1.807, 2.05) is 73.7 Å². The van der Waals surface area contributed by atoms with Gasteiger partial charge < -0.3 is 5.32 Å². The van der Waals surface area contributed by atoms with Crippen LogP contribution in [0.4, 0.5) is 0 Å². The first-order valence-corrected chi connectivity index (χ1v) is 10.8. The number of carbonyl (C=O) groups excluding carboxylic acids is 1. The Bertz CT molecular complexity index is 1020. The average molecular weight is 381 g/mol. The highest BCUT2D eigenvalue weighted by molar-refractivity contribution is 7.91. The van der Waals surface area contributed by atoms with Gasteiger partial charge in [0.25, 0.3) is 0 Å². The van der Waals surface area contributed by atoms with Crippen LogP contribution in [0.15, 0.2) is 72.8 Å². The van der Waals surface area contributed by atoms with Crippen molar-refractivity contribution in [1.29, 1.82) is 0 Å². The molecule has 0 saturated heterocycles. The fourth-order valence-electron chi connectivity index (χ4n) is 3.12. The lowest BCUT2D eigenvalue weighted by molar-refractivity contribution is -0.118. The van der Waals surface area contributed by atoms with Crippen molar-refractivity contribution >= 4 is 26.5 Å². The molecule has 0 aliphatic rings. The van der Waals surface area contributed by atoms with Gasteiger partial charge in [0.2, 0.25) is 5.91 Å². The molecule has 0 aliphatic carbocycles. The van der Waals surface area contributed by atoms with Crippen LogP contribution in [0.25, 0.3) is 10.8 Å². The van der Waals surface area contributed by atoms with E-state index in [0.717, 1.165) is 21.9 Å². The van der Waals surface area contributed by atoms with Gasteiger partial charge in [-0.15, -0.1) is 0 Å². The van der Waals surface area contributed by atoms with Gasteiger partial charge in [-0.05, 0) is 27.8 Å². The molecule has 3 aromatic rings. The van der Waals surface area contributed by atoms with Gasteiger partial charge in [-0.2, -0.15) is 0 Å². The SMILES string of the molecule is C[C@H](CNC(=O)CS(=O)(=O)Cc1cccc2ccccc12)c1ccccc1. The number of amides is 1. The number of hydrogen-bond donors (Lipinski definition) is 1. The predicted octanol–water partition coefficient (Wildman–Crippen LogP) is 3.67. The third-order valence-electron chi connectivity index (χ3n) is 4.58. The number of sulfone groups is 1. The fraction of sp³-hybridized carbons (Fsp3) is 0.227. The van der Waals surface area contributed by atoms with E-state index in [9.17, 15) is 13.2 Å². The van der Waals surface area contributed by atoms with E-state index in [1.54, 1.807) is 6.07 Å². The van der Waals surface area contributed by atoms with Gasteiger partial charge >= 0.3 is 0 Å². The molecule has 140 valence electrons. The molecule has 3 rings (SSSR count). The highest BCUT2D eigenvalue weighted by Crippen LogP contribution is 2.20. The Hall–Kier alpha value is -2.66. The van der Waals surface area contributed by atoms with Crippen LogP contribution in [-0.4, -0.2) is 26.6 Å². The summed E-state index contributed by atoms with van der Waals surface area (Å²) in [4.78, 5) is 12.2. The van der Waals surface area contributed by atoms with Gasteiger partial charge in [0.15, 0.2) is 9.84 Å². The van der Waals surface area contributed by atoms with E-state index < -0.39 is 21.5 Å². The quantitative estimate of drug-likeness (QED) is 0.679. The lowest BCUT2D eigenvalue weighted by Crippen LogP contribution is -2.33. The van der Waals surface area contributed by atoms with Crippen molar-refractivity contribution in [1.82, 2.24) is 5.32 Å². The van der Waals surface area contributed by atoms with Crippen molar-refractivity contribution in [3.63, 3.8) is 0 Å². The maximum atomic E-state index is 12.5. The molecule has 3 aromatic carbocycles. The molecule has 0 unspecified atom stereocenters. The lowest BCUT2D eigenvalue weighted by Gasteiger charge is -2.13. The summed E-state index contributed by atoms with van der Waals surface area (Å²) in [6.45, 7) is 2.41. The van der Waals surface area contributed by atoms with E-state index in [1.165, 1.54) is 0 Å². The van der Waals surface area contributed by atoms with E-state index >= 15 is 0 Å². The summed E-state index contributed by atoms with van der Waals surface area (Å²) in [6.07, 6.45) is 0. The van der Waals surface area contributed by atoms with Crippen LogP contribution in [0.1, 0.15) is 24.0 Å². The first-order chi connectivity index (χ1) is 12.9. The second-order valence-electron chi connectivity index (χ2n) is 6.79. The number of hydrogen-bond acceptors (Lipinski definition) is 3. The topological polar surface area (TPSA) is 63.2 Å². The van der Waals surface area contributed by atoms with Gasteiger partial charge in [-0.3, -0.25) is 4.79 Å². The monoisotopic (exact) mass is 381 g/mol. The summed E-state index contributed by atoms with van der Waals surface area (Å²) in [5.74, 6) is -0.984. The molecule has 0 aromatic heterocycles. The Morgan fingerprint density at radius 1 is 0.926 bits per heavy atom. The zero-order valence-corrected chi connectivity index (χ0v) is 16.1. The summed E-state index contributed by atoms with van der Waals surface area (Å²) in [5, 5.41) is 4.64. The minimum Gasteiger partial charge on any atom is -0.355 e. The molecule has 1 atom stereocenters. The van der Waals surface area contributed by atoms with Crippen LogP contribution in [0.3, 0.4) is 0 Å². The molecule has 5 heteroatoms. The van der Waals surface area contributed by atoms with Crippen LogP contribution < -0.4 is 5.32 Å². The maximum Gasteiger partial charge on any atom is 0.235 e. The smallest absolute Gasteiger partial charge is 0.235 e. The number of rotatable bonds is 7. The predicted molar refractivity (Wildman–Crippen MR) is 109 cm³/mol. The molecule has 1 amide bonds. The van der Waals surface area contributed by atoms with Crippen LogP contribution >= 0.6 is 0 Å². The molecule has 0 saturated carbocycles. The van der Waals surface area contributed by atoms with E-state index in [2.05, 4.69) is 5.32 Å². The first-order valence-electron chi connectivity index (χ1n) is 8.93. The average Bonchev–Trinajstić information content (AvgIpc) is 2.66. The Morgan fingerprint density at radius 2 is 1.59 bits per heavy atom. The Labute approximate surface area is 160 Å². The van der Waals surface area contributed by atoms with Crippen molar-refractivity contribution in [2.45, 2.75) is 18.6 Å². The summed E-state index contributed by atoms with van der Waals surface area (Å²) >= 11 is 0. The Balaban J connectivity index is 1.61. The summed E-state index contributed by atoms with van der Waals surface area (Å²) in [5.41, 5.74) is 1.83. The van der Waals surface area contributed by atoms with Gasteiger partial charge in [0.1, 0.15) is 5.75 Å². The van der Waals surface area contributed by atoms with Crippen LogP contribution in [0, 0.1) is 0 Å². The molecular formula is C22H23NO3S. The Morgan fingerprint density at radius 3 is 2.37 bits per heavy atom. The van der Waals surface area contributed by atoms with Crippen LogP contribution in [0.5, 0.6) is 0 Å². The molecule has 0 spiro atoms. The van der Waals surface area contributed by atoms with Crippen LogP contribution in [0.2, 0.25) is 0 Å². The second kappa shape index (κ2) is 8.35. The Kier molecular flexibility index (Phi) is 5.91. The van der Waals surface area contributed by atoms with E-state index in [-0.39, 0.29) is 11.7 Å². The first kappa shape index (κ1) is 19.1.